The Hall–Kier alpha value is -7.82. The van der Waals surface area contributed by atoms with Crippen LogP contribution >= 0.6 is 0 Å². The van der Waals surface area contributed by atoms with Gasteiger partial charge in [-0.25, -0.2) is 0 Å². The second-order valence-electron chi connectivity index (χ2n) is 22.2. The molecule has 0 saturated heterocycles. The third-order valence-corrected chi connectivity index (χ3v) is 16.0. The SMILES string of the molecule is Cc1c2ccccc2c(C)c2cc3c(cc12)B1c2c(cc4c(oc5ccccc54)c2-c2cc(C(C)(C)C)cc4c5cc(C(C)(C)C)ccc5n1c24)N3c1cc(-c2ccccc2)cc(-c2ccccc2)c1. The van der Waals surface area contributed by atoms with Gasteiger partial charge >= 0.3 is 6.85 Å². The Morgan fingerprint density at radius 3 is 1.66 bits per heavy atom. The van der Waals surface area contributed by atoms with E-state index in [4.69, 9.17) is 4.42 Å². The van der Waals surface area contributed by atoms with Crippen LogP contribution in [0.2, 0.25) is 0 Å². The standard InChI is InChI=1S/C66H53BN2O/c1-38-47-23-15-16-24-48(47)39(2)51-36-58-56(35-50(38)51)67-62-59(68(58)46-30-42(40-19-11-9-12-20-40)29-43(31-46)41-21-13-10-14-22-41)37-54-49-25-17-18-26-60(49)70-64(54)61(62)55-34-45(66(6,7)8)33-53-52-32-44(65(3,4)5)27-28-57(52)69(67)63(53)55/h9-37H,1-8H3. The van der Waals surface area contributed by atoms with Gasteiger partial charge in [0.2, 0.25) is 0 Å². The Labute approximate surface area is 409 Å². The minimum atomic E-state index is -0.163. The van der Waals surface area contributed by atoms with Gasteiger partial charge in [-0.15, -0.1) is 0 Å². The number of rotatable bonds is 3. The molecular weight excluding hydrogens is 848 g/mol. The Bertz CT molecular complexity index is 4160. The molecule has 4 heteroatoms. The number of aryl methyl sites for hydroxylation is 2. The molecule has 336 valence electrons. The highest BCUT2D eigenvalue weighted by Crippen LogP contribution is 2.52. The highest BCUT2D eigenvalue weighted by atomic mass is 16.3. The molecule has 0 N–H and O–H groups in total. The van der Waals surface area contributed by atoms with Gasteiger partial charge in [0.05, 0.1) is 0 Å². The average Bonchev–Trinajstić information content (AvgIpc) is 3.91. The summed E-state index contributed by atoms with van der Waals surface area (Å²) in [6.07, 6.45) is 0. The topological polar surface area (TPSA) is 21.3 Å². The number of fused-ring (bicyclic) bond motifs is 13. The molecule has 2 aromatic heterocycles. The monoisotopic (exact) mass is 900 g/mol. The van der Waals surface area contributed by atoms with E-state index in [1.165, 1.54) is 121 Å². The van der Waals surface area contributed by atoms with E-state index in [9.17, 15) is 0 Å². The van der Waals surface area contributed by atoms with Crippen LogP contribution in [0, 0.1) is 13.8 Å². The second kappa shape index (κ2) is 14.4. The first-order chi connectivity index (χ1) is 33.8. The number of aromatic nitrogens is 1. The van der Waals surface area contributed by atoms with Gasteiger partial charge in [-0.2, -0.15) is 0 Å². The smallest absolute Gasteiger partial charge is 0.333 e. The number of benzene rings is 10. The zero-order valence-electron chi connectivity index (χ0n) is 41.1. The van der Waals surface area contributed by atoms with E-state index in [2.05, 4.69) is 241 Å². The maximum atomic E-state index is 7.24. The molecule has 70 heavy (non-hydrogen) atoms. The summed E-state index contributed by atoms with van der Waals surface area (Å²) in [4.78, 5) is 2.62. The fourth-order valence-electron chi connectivity index (χ4n) is 12.4. The Morgan fingerprint density at radius 2 is 1.01 bits per heavy atom. The van der Waals surface area contributed by atoms with Crippen LogP contribution in [0.4, 0.5) is 17.1 Å². The van der Waals surface area contributed by atoms with Gasteiger partial charge in [-0.1, -0.05) is 157 Å². The van der Waals surface area contributed by atoms with Gasteiger partial charge in [0.1, 0.15) is 11.2 Å². The van der Waals surface area contributed by atoms with Crippen LogP contribution in [0.5, 0.6) is 0 Å². The van der Waals surface area contributed by atoms with Crippen molar-refractivity contribution in [2.45, 2.75) is 66.2 Å². The molecule has 0 saturated carbocycles. The molecule has 0 bridgehead atoms. The summed E-state index contributed by atoms with van der Waals surface area (Å²) in [5, 5.41) is 10.0. The van der Waals surface area contributed by atoms with Crippen molar-refractivity contribution in [1.82, 2.24) is 4.48 Å². The van der Waals surface area contributed by atoms with E-state index in [1.807, 2.05) is 0 Å². The van der Waals surface area contributed by atoms with Crippen LogP contribution in [0.25, 0.3) is 98.7 Å². The molecule has 4 heterocycles. The van der Waals surface area contributed by atoms with Crippen molar-refractivity contribution in [3.63, 3.8) is 0 Å². The lowest BCUT2D eigenvalue weighted by molar-refractivity contribution is 0.590. The Balaban J connectivity index is 1.21. The second-order valence-corrected chi connectivity index (χ2v) is 22.2. The van der Waals surface area contributed by atoms with Crippen LogP contribution in [0.15, 0.2) is 180 Å². The predicted octanol–water partition coefficient (Wildman–Crippen LogP) is 17.0. The van der Waals surface area contributed by atoms with Crippen LogP contribution in [0.1, 0.15) is 63.8 Å². The maximum Gasteiger partial charge on any atom is 0.333 e. The zero-order valence-corrected chi connectivity index (χ0v) is 41.1. The van der Waals surface area contributed by atoms with Gasteiger partial charge in [-0.05, 0) is 162 Å². The lowest BCUT2D eigenvalue weighted by Gasteiger charge is -2.41. The van der Waals surface area contributed by atoms with Gasteiger partial charge in [-0.3, -0.25) is 0 Å². The van der Waals surface area contributed by atoms with Crippen molar-refractivity contribution >= 4 is 100 Å². The van der Waals surface area contributed by atoms with Gasteiger partial charge in [0.25, 0.3) is 0 Å². The largest absolute Gasteiger partial charge is 0.455 e. The van der Waals surface area contributed by atoms with E-state index in [0.29, 0.717) is 0 Å². The molecule has 0 amide bonds. The molecule has 3 nitrogen and oxygen atoms in total. The third kappa shape index (κ3) is 5.77. The highest BCUT2D eigenvalue weighted by molar-refractivity contribution is 6.90. The fraction of sp³-hybridized carbons (Fsp3) is 0.152. The van der Waals surface area contributed by atoms with E-state index in [1.54, 1.807) is 0 Å². The number of nitrogens with zero attached hydrogens (tertiary/aromatic N) is 2. The van der Waals surface area contributed by atoms with Crippen molar-refractivity contribution in [2.75, 3.05) is 4.90 Å². The van der Waals surface area contributed by atoms with Crippen LogP contribution in [-0.4, -0.2) is 11.3 Å². The molecular formula is C66H53BN2O. The average molecular weight is 901 g/mol. The number of furan rings is 1. The van der Waals surface area contributed by atoms with Gasteiger partial charge in [0, 0.05) is 60.8 Å². The van der Waals surface area contributed by atoms with Crippen LogP contribution in [0.3, 0.4) is 0 Å². The minimum Gasteiger partial charge on any atom is -0.455 e. The van der Waals surface area contributed by atoms with Crippen molar-refractivity contribution < 1.29 is 4.42 Å². The Morgan fingerprint density at radius 1 is 0.443 bits per heavy atom. The first-order valence-electron chi connectivity index (χ1n) is 24.9. The molecule has 0 fully saturated rings. The predicted molar refractivity (Wildman–Crippen MR) is 300 cm³/mol. The maximum absolute atomic E-state index is 7.24. The molecule has 0 unspecified atom stereocenters. The molecule has 0 spiro atoms. The summed E-state index contributed by atoms with van der Waals surface area (Å²) in [6.45, 7) is 18.5. The normalized spacial score (nSPS) is 13.4. The first kappa shape index (κ1) is 41.2. The van der Waals surface area contributed by atoms with Crippen molar-refractivity contribution in [3.8, 4) is 33.4 Å². The first-order valence-corrected chi connectivity index (χ1v) is 24.9. The quantitative estimate of drug-likeness (QED) is 0.130. The molecule has 0 aliphatic carbocycles. The number of hydrogen-bond acceptors (Lipinski definition) is 2. The number of para-hydroxylation sites is 1. The number of anilines is 3. The molecule has 2 aliphatic heterocycles. The molecule has 2 aliphatic rings. The summed E-state index contributed by atoms with van der Waals surface area (Å²) < 4.78 is 9.96. The molecule has 0 atom stereocenters. The lowest BCUT2D eigenvalue weighted by Crippen LogP contribution is -2.56. The van der Waals surface area contributed by atoms with Gasteiger partial charge in [0.15, 0.2) is 0 Å². The fourth-order valence-corrected chi connectivity index (χ4v) is 12.4. The zero-order chi connectivity index (χ0) is 47.5. The molecule has 10 aromatic carbocycles. The number of hydrogen-bond donors (Lipinski definition) is 0. The third-order valence-electron chi connectivity index (χ3n) is 16.0. The van der Waals surface area contributed by atoms with Crippen LogP contribution < -0.4 is 15.8 Å². The summed E-state index contributed by atoms with van der Waals surface area (Å²) >= 11 is 0. The molecule has 12 aromatic rings. The molecule has 0 radical (unpaired) electrons. The molecule has 14 rings (SSSR count). The van der Waals surface area contributed by atoms with Gasteiger partial charge < -0.3 is 13.8 Å². The van der Waals surface area contributed by atoms with Crippen LogP contribution in [-0.2, 0) is 10.8 Å². The Kier molecular flexibility index (Phi) is 8.45. The summed E-state index contributed by atoms with van der Waals surface area (Å²) in [6, 6.07) is 66.4. The minimum absolute atomic E-state index is 0.0221. The van der Waals surface area contributed by atoms with Crippen molar-refractivity contribution in [2.24, 2.45) is 0 Å². The van der Waals surface area contributed by atoms with E-state index in [0.717, 1.165) is 27.6 Å². The summed E-state index contributed by atoms with van der Waals surface area (Å²) in [5.74, 6) is 0. The van der Waals surface area contributed by atoms with E-state index >= 15 is 0 Å². The van der Waals surface area contributed by atoms with Crippen molar-refractivity contribution in [3.05, 3.63) is 198 Å². The summed E-state index contributed by atoms with van der Waals surface area (Å²) in [5.41, 5.74) is 22.7. The van der Waals surface area contributed by atoms with Crippen molar-refractivity contribution in [1.29, 1.82) is 0 Å². The van der Waals surface area contributed by atoms with E-state index < -0.39 is 0 Å². The van der Waals surface area contributed by atoms with E-state index in [-0.39, 0.29) is 17.7 Å². The summed E-state index contributed by atoms with van der Waals surface area (Å²) in [7, 11) is 0. The lowest BCUT2D eigenvalue weighted by atomic mass is 9.44. The highest BCUT2D eigenvalue weighted by Gasteiger charge is 2.45.